The van der Waals surface area contributed by atoms with Crippen LogP contribution in [0.2, 0.25) is 0 Å². The van der Waals surface area contributed by atoms with Crippen molar-refractivity contribution >= 4 is 33.9 Å². The van der Waals surface area contributed by atoms with E-state index in [2.05, 4.69) is 15.3 Å². The number of benzene rings is 1. The van der Waals surface area contributed by atoms with Crippen molar-refractivity contribution in [1.82, 2.24) is 9.97 Å². The SMILES string of the molecule is CCc1nc(N[C@H](C)C(=O)[O-])c2oc3ccccc3c2n1. The van der Waals surface area contributed by atoms with Crippen LogP contribution in [0.25, 0.3) is 22.1 Å². The van der Waals surface area contributed by atoms with Gasteiger partial charge in [-0.1, -0.05) is 19.1 Å². The van der Waals surface area contributed by atoms with Gasteiger partial charge in [0.05, 0.1) is 12.0 Å². The maximum absolute atomic E-state index is 10.9. The molecule has 21 heavy (non-hydrogen) atoms. The lowest BCUT2D eigenvalue weighted by molar-refractivity contribution is -0.306. The molecule has 1 N–H and O–H groups in total. The Morgan fingerprint density at radius 3 is 2.86 bits per heavy atom. The highest BCUT2D eigenvalue weighted by Crippen LogP contribution is 2.31. The van der Waals surface area contributed by atoms with Gasteiger partial charge in [0.1, 0.15) is 16.9 Å². The maximum Gasteiger partial charge on any atom is 0.196 e. The van der Waals surface area contributed by atoms with Gasteiger partial charge in [-0.2, -0.15) is 0 Å². The number of nitrogens with zero attached hydrogens (tertiary/aromatic N) is 2. The molecule has 0 aliphatic rings. The van der Waals surface area contributed by atoms with E-state index < -0.39 is 12.0 Å². The average Bonchev–Trinajstić information content (AvgIpc) is 2.86. The van der Waals surface area contributed by atoms with Crippen molar-refractivity contribution in [3.63, 3.8) is 0 Å². The number of fused-ring (bicyclic) bond motifs is 3. The molecule has 1 aromatic carbocycles. The first-order chi connectivity index (χ1) is 10.1. The van der Waals surface area contributed by atoms with Crippen LogP contribution in [0.4, 0.5) is 5.82 Å². The van der Waals surface area contributed by atoms with Crippen molar-refractivity contribution in [1.29, 1.82) is 0 Å². The Bertz CT molecular complexity index is 826. The Kier molecular flexibility index (Phi) is 3.21. The van der Waals surface area contributed by atoms with Gasteiger partial charge >= 0.3 is 0 Å². The van der Waals surface area contributed by atoms with Crippen LogP contribution in [0.5, 0.6) is 0 Å². The predicted molar refractivity (Wildman–Crippen MR) is 76.8 cm³/mol. The van der Waals surface area contributed by atoms with Crippen LogP contribution < -0.4 is 10.4 Å². The molecule has 108 valence electrons. The number of aryl methyl sites for hydroxylation is 1. The second-order valence-electron chi connectivity index (χ2n) is 4.80. The summed E-state index contributed by atoms with van der Waals surface area (Å²) in [5, 5.41) is 14.6. The van der Waals surface area contributed by atoms with Gasteiger partial charge in [0.25, 0.3) is 0 Å². The number of rotatable bonds is 4. The summed E-state index contributed by atoms with van der Waals surface area (Å²) >= 11 is 0. The molecule has 0 bridgehead atoms. The van der Waals surface area contributed by atoms with Gasteiger partial charge in [-0.15, -0.1) is 0 Å². The Morgan fingerprint density at radius 2 is 2.14 bits per heavy atom. The number of aromatic nitrogens is 2. The molecule has 3 aromatic rings. The van der Waals surface area contributed by atoms with E-state index >= 15 is 0 Å². The molecule has 6 heteroatoms. The molecule has 0 spiro atoms. The quantitative estimate of drug-likeness (QED) is 0.780. The molecule has 0 aliphatic heterocycles. The predicted octanol–water partition coefficient (Wildman–Crippen LogP) is 1.49. The summed E-state index contributed by atoms with van der Waals surface area (Å²) < 4.78 is 5.76. The topological polar surface area (TPSA) is 91.1 Å². The van der Waals surface area contributed by atoms with Crippen molar-refractivity contribution in [2.75, 3.05) is 5.32 Å². The summed E-state index contributed by atoms with van der Waals surface area (Å²) in [5.74, 6) is -0.192. The number of carbonyl (C=O) groups is 1. The van der Waals surface area contributed by atoms with Crippen molar-refractivity contribution in [3.8, 4) is 0 Å². The molecule has 0 fully saturated rings. The minimum atomic E-state index is -1.20. The number of carboxylic acids is 1. The van der Waals surface area contributed by atoms with Gasteiger partial charge in [0.15, 0.2) is 11.4 Å². The molecule has 0 unspecified atom stereocenters. The van der Waals surface area contributed by atoms with Gasteiger partial charge < -0.3 is 19.6 Å². The number of carbonyl (C=O) groups excluding carboxylic acids is 1. The number of anilines is 1. The fourth-order valence-electron chi connectivity index (χ4n) is 2.16. The highest BCUT2D eigenvalue weighted by molar-refractivity contribution is 6.05. The summed E-state index contributed by atoms with van der Waals surface area (Å²) in [6, 6.07) is 6.66. The largest absolute Gasteiger partial charge is 0.548 e. The van der Waals surface area contributed by atoms with Crippen molar-refractivity contribution in [2.45, 2.75) is 26.3 Å². The van der Waals surface area contributed by atoms with Crippen molar-refractivity contribution in [2.24, 2.45) is 0 Å². The standard InChI is InChI=1S/C15H15N3O3/c1-3-11-17-12-9-6-4-5-7-10(9)21-13(12)14(18-11)16-8(2)15(19)20/h4-8H,3H2,1-2H3,(H,19,20)(H,16,17,18)/p-1/t8-/m1/s1. The summed E-state index contributed by atoms with van der Waals surface area (Å²) in [5.41, 5.74) is 1.84. The monoisotopic (exact) mass is 284 g/mol. The highest BCUT2D eigenvalue weighted by Gasteiger charge is 2.16. The van der Waals surface area contributed by atoms with E-state index in [4.69, 9.17) is 4.42 Å². The Hall–Kier alpha value is -2.63. The van der Waals surface area contributed by atoms with Crippen LogP contribution in [-0.4, -0.2) is 22.0 Å². The lowest BCUT2D eigenvalue weighted by Crippen LogP contribution is -2.38. The Morgan fingerprint density at radius 1 is 1.38 bits per heavy atom. The zero-order valence-corrected chi connectivity index (χ0v) is 11.7. The normalized spacial score (nSPS) is 12.7. The van der Waals surface area contributed by atoms with Crippen molar-refractivity contribution in [3.05, 3.63) is 30.1 Å². The lowest BCUT2D eigenvalue weighted by atomic mass is 10.2. The van der Waals surface area contributed by atoms with Crippen LogP contribution >= 0.6 is 0 Å². The minimum absolute atomic E-state index is 0.379. The lowest BCUT2D eigenvalue weighted by Gasteiger charge is -2.15. The molecule has 2 heterocycles. The van der Waals surface area contributed by atoms with E-state index in [1.54, 1.807) is 0 Å². The summed E-state index contributed by atoms with van der Waals surface area (Å²) in [4.78, 5) is 19.7. The molecule has 0 saturated carbocycles. The highest BCUT2D eigenvalue weighted by atomic mass is 16.4. The van der Waals surface area contributed by atoms with Crippen LogP contribution in [0.15, 0.2) is 28.7 Å². The van der Waals surface area contributed by atoms with Crippen LogP contribution in [0, 0.1) is 0 Å². The third kappa shape index (κ3) is 2.29. The van der Waals surface area contributed by atoms with Gasteiger partial charge in [0.2, 0.25) is 0 Å². The van der Waals surface area contributed by atoms with E-state index in [1.807, 2.05) is 31.2 Å². The molecule has 2 aromatic heterocycles. The summed E-state index contributed by atoms with van der Waals surface area (Å²) in [6.45, 7) is 3.44. The van der Waals surface area contributed by atoms with Gasteiger partial charge in [0, 0.05) is 11.8 Å². The number of nitrogens with one attached hydrogen (secondary N) is 1. The van der Waals surface area contributed by atoms with Crippen molar-refractivity contribution < 1.29 is 14.3 Å². The van der Waals surface area contributed by atoms with Gasteiger partial charge in [-0.3, -0.25) is 0 Å². The number of para-hydroxylation sites is 1. The molecule has 3 rings (SSSR count). The second kappa shape index (κ2) is 5.05. The van der Waals surface area contributed by atoms with E-state index in [-0.39, 0.29) is 0 Å². The molecule has 6 nitrogen and oxygen atoms in total. The third-order valence-electron chi connectivity index (χ3n) is 3.29. The number of aliphatic carboxylic acids is 1. The van der Waals surface area contributed by atoms with E-state index in [9.17, 15) is 9.90 Å². The molecule has 0 amide bonds. The molecule has 0 aliphatic carbocycles. The molecule has 0 saturated heterocycles. The fraction of sp³-hybridized carbons (Fsp3) is 0.267. The number of carboxylic acid groups (broad SMARTS) is 1. The second-order valence-corrected chi connectivity index (χ2v) is 4.80. The van der Waals surface area contributed by atoms with Crippen LogP contribution in [0.1, 0.15) is 19.7 Å². The number of furan rings is 1. The average molecular weight is 284 g/mol. The first-order valence-electron chi connectivity index (χ1n) is 6.75. The molecular formula is C15H14N3O3-. The number of hydrogen-bond donors (Lipinski definition) is 1. The first-order valence-corrected chi connectivity index (χ1v) is 6.75. The zero-order valence-electron chi connectivity index (χ0n) is 11.7. The maximum atomic E-state index is 10.9. The molecule has 1 atom stereocenters. The smallest absolute Gasteiger partial charge is 0.196 e. The van der Waals surface area contributed by atoms with Gasteiger partial charge in [-0.25, -0.2) is 9.97 Å². The van der Waals surface area contributed by atoms with Gasteiger partial charge in [-0.05, 0) is 19.1 Å². The third-order valence-corrected chi connectivity index (χ3v) is 3.29. The molecular weight excluding hydrogens is 270 g/mol. The van der Waals surface area contributed by atoms with Crippen LogP contribution in [-0.2, 0) is 11.2 Å². The molecule has 0 radical (unpaired) electrons. The van der Waals surface area contributed by atoms with E-state index in [1.165, 1.54) is 6.92 Å². The Labute approximate surface area is 120 Å². The first kappa shape index (κ1) is 13.4. The minimum Gasteiger partial charge on any atom is -0.548 e. The number of hydrogen-bond acceptors (Lipinski definition) is 6. The van der Waals surface area contributed by atoms with E-state index in [0.717, 1.165) is 5.39 Å². The summed E-state index contributed by atoms with van der Waals surface area (Å²) in [6.07, 6.45) is 0.643. The zero-order chi connectivity index (χ0) is 15.0. The van der Waals surface area contributed by atoms with E-state index in [0.29, 0.717) is 34.7 Å². The Balaban J connectivity index is 2.24. The van der Waals surface area contributed by atoms with Crippen LogP contribution in [0.3, 0.4) is 0 Å². The summed E-state index contributed by atoms with van der Waals surface area (Å²) in [7, 11) is 0. The fourth-order valence-corrected chi connectivity index (χ4v) is 2.16.